The van der Waals surface area contributed by atoms with E-state index in [0.717, 1.165) is 27.7 Å². The van der Waals surface area contributed by atoms with Gasteiger partial charge in [0.2, 0.25) is 23.6 Å². The summed E-state index contributed by atoms with van der Waals surface area (Å²) in [7, 11) is 0. The molecular weight excluding hydrogens is 668 g/mol. The number of carbonyl (C=O) groups is 7. The summed E-state index contributed by atoms with van der Waals surface area (Å²) in [5.41, 5.74) is 12.4. The average molecular weight is 711 g/mol. The van der Waals surface area contributed by atoms with Crippen molar-refractivity contribution in [1.29, 1.82) is 0 Å². The minimum atomic E-state index is -2.55. The second-order valence-corrected chi connectivity index (χ2v) is 11.3. The van der Waals surface area contributed by atoms with Gasteiger partial charge in [0.15, 0.2) is 30.9 Å². The lowest BCUT2D eigenvalue weighted by Crippen LogP contribution is -2.73. The van der Waals surface area contributed by atoms with Crippen molar-refractivity contribution >= 4 is 41.5 Å². The van der Waals surface area contributed by atoms with Crippen molar-refractivity contribution in [3.8, 4) is 0 Å². The second kappa shape index (κ2) is 17.5. The summed E-state index contributed by atoms with van der Waals surface area (Å²) in [5, 5.41) is 69.5. The zero-order valence-electron chi connectivity index (χ0n) is 26.6. The van der Waals surface area contributed by atoms with Gasteiger partial charge in [-0.2, -0.15) is 0 Å². The maximum Gasteiger partial charge on any atom is 0.335 e. The van der Waals surface area contributed by atoms with E-state index in [0.29, 0.717) is 0 Å². The van der Waals surface area contributed by atoms with Crippen LogP contribution in [-0.2, 0) is 52.5 Å². The van der Waals surface area contributed by atoms with Crippen molar-refractivity contribution in [2.75, 3.05) is 6.61 Å². The lowest BCUT2D eigenvalue weighted by Gasteiger charge is -2.48. The van der Waals surface area contributed by atoms with Gasteiger partial charge in [0.05, 0.1) is 42.9 Å². The molecule has 2 rings (SSSR count). The van der Waals surface area contributed by atoms with E-state index in [4.69, 9.17) is 30.4 Å². The number of hydrogen-bond donors (Lipinski definition) is 12. The third-order valence-corrected chi connectivity index (χ3v) is 7.48. The number of carboxylic acids is 3. The van der Waals surface area contributed by atoms with E-state index in [1.165, 1.54) is 0 Å². The van der Waals surface area contributed by atoms with Crippen molar-refractivity contribution < 1.29 is 83.1 Å². The fraction of sp³-hybridized carbons (Fsp3) is 0.731. The molecule has 23 heteroatoms. The number of carbonyl (C=O) groups excluding carboxylic acids is 4. The van der Waals surface area contributed by atoms with E-state index >= 15 is 0 Å². The highest BCUT2D eigenvalue weighted by atomic mass is 16.7. The Balaban J connectivity index is 2.62. The molecule has 2 aliphatic rings. The van der Waals surface area contributed by atoms with Gasteiger partial charge in [-0.05, 0) is 0 Å². The predicted molar refractivity (Wildman–Crippen MR) is 155 cm³/mol. The minimum absolute atomic E-state index is 0.737. The van der Waals surface area contributed by atoms with Gasteiger partial charge in [0.25, 0.3) is 0 Å². The van der Waals surface area contributed by atoms with Gasteiger partial charge in [-0.1, -0.05) is 0 Å². The molecule has 14 N–H and O–H groups in total. The molecule has 0 radical (unpaired) electrons. The number of hydrogen-bond acceptors (Lipinski definition) is 16. The second-order valence-electron chi connectivity index (χ2n) is 11.3. The van der Waals surface area contributed by atoms with Crippen molar-refractivity contribution in [1.82, 2.24) is 21.3 Å². The number of aliphatic hydroxyl groups is 3. The highest BCUT2D eigenvalue weighted by Crippen LogP contribution is 2.30. The van der Waals surface area contributed by atoms with E-state index in [-0.39, 0.29) is 0 Å². The number of carboxylic acid groups (broad SMARTS) is 3. The van der Waals surface area contributed by atoms with Crippen LogP contribution in [0.4, 0.5) is 0 Å². The Morgan fingerprint density at radius 2 is 1.24 bits per heavy atom. The fourth-order valence-corrected chi connectivity index (χ4v) is 5.36. The van der Waals surface area contributed by atoms with Gasteiger partial charge < -0.3 is 82.3 Å². The van der Waals surface area contributed by atoms with E-state index in [1.54, 1.807) is 0 Å². The maximum absolute atomic E-state index is 12.5. The summed E-state index contributed by atoms with van der Waals surface area (Å²) in [4.78, 5) is 84.3. The monoisotopic (exact) mass is 710 g/mol. The minimum Gasteiger partial charge on any atom is -0.479 e. The van der Waals surface area contributed by atoms with E-state index in [2.05, 4.69) is 21.3 Å². The molecule has 2 heterocycles. The smallest absolute Gasteiger partial charge is 0.335 e. The highest BCUT2D eigenvalue weighted by Gasteiger charge is 2.55. The van der Waals surface area contributed by atoms with Crippen molar-refractivity contribution in [3.05, 3.63) is 0 Å². The van der Waals surface area contributed by atoms with E-state index in [1.807, 2.05) is 0 Å². The summed E-state index contributed by atoms with van der Waals surface area (Å²) in [6.45, 7) is 3.13. The molecule has 0 aromatic carbocycles. The van der Waals surface area contributed by atoms with E-state index < -0.39 is 134 Å². The van der Waals surface area contributed by atoms with Gasteiger partial charge in [-0.15, -0.1) is 0 Å². The number of amides is 4. The lowest BCUT2D eigenvalue weighted by molar-refractivity contribution is -0.308. The summed E-state index contributed by atoms with van der Waals surface area (Å²) >= 11 is 0. The first kappa shape index (κ1) is 41.1. The van der Waals surface area contributed by atoms with Crippen molar-refractivity contribution in [2.45, 2.75) is 113 Å². The van der Waals surface area contributed by atoms with Gasteiger partial charge in [-0.3, -0.25) is 19.2 Å². The molecular formula is C26H42N6O17. The SMILES string of the molecule is CC(=O)N[C@H]([C@H](O[C@@H]1O[C@H](C(=O)O)[C@@H](O[C@@H]2O[C@H](C(=O)O)[C@@H](O)[C@H](N)[C@H]2NC(C)=O)[C@H](N)[C@H]1NC(C)=O)[C@@H](O)C(=O)O)[C@@H](CO)NC(C)=O. The third-order valence-electron chi connectivity index (χ3n) is 7.48. The molecule has 0 saturated carbocycles. The number of aliphatic hydroxyl groups excluding tert-OH is 3. The van der Waals surface area contributed by atoms with Gasteiger partial charge in [0.1, 0.15) is 18.3 Å². The highest BCUT2D eigenvalue weighted by molar-refractivity contribution is 5.77. The molecule has 278 valence electrons. The van der Waals surface area contributed by atoms with Crippen LogP contribution in [0.1, 0.15) is 27.7 Å². The quantitative estimate of drug-likeness (QED) is 0.0751. The number of nitrogens with one attached hydrogen (secondary N) is 4. The number of rotatable bonds is 15. The van der Waals surface area contributed by atoms with Crippen LogP contribution in [0.2, 0.25) is 0 Å². The lowest BCUT2D eigenvalue weighted by atomic mass is 9.92. The van der Waals surface area contributed by atoms with Gasteiger partial charge in [-0.25, -0.2) is 14.4 Å². The Hall–Kier alpha value is -4.07. The Labute approximate surface area is 277 Å². The maximum atomic E-state index is 12.5. The number of aliphatic carboxylic acids is 3. The molecule has 4 amide bonds. The van der Waals surface area contributed by atoms with Crippen molar-refractivity contribution in [3.63, 3.8) is 0 Å². The Morgan fingerprint density at radius 1 is 0.755 bits per heavy atom. The molecule has 49 heavy (non-hydrogen) atoms. The normalized spacial score (nSPS) is 32.3. The Morgan fingerprint density at radius 3 is 1.67 bits per heavy atom. The first-order chi connectivity index (χ1) is 22.7. The summed E-state index contributed by atoms with van der Waals surface area (Å²) < 4.78 is 22.4. The van der Waals surface area contributed by atoms with Crippen LogP contribution in [0, 0.1) is 0 Å². The standard InChI is InChI=1S/C26H42N6O17/c1-6(34)29-10(5-33)13(30-7(2)35)19(17(39)22(40)41)47-26-15(32-9(4)37)12(28)18(21(49-26)24(44)45)46-25-14(31-8(3)36)11(27)16(38)20(48-25)23(42)43/h10-21,25-26,33,38-39H,5,27-28H2,1-4H3,(H,29,34)(H,30,35)(H,31,36)(H,32,37)(H,40,41)(H,42,43)(H,44,45)/t10-,11-,12-,13+,14-,15-,16+,17-,18+,19+,20+,21+,25-,26-/m1/s1. The molecule has 0 spiro atoms. The van der Waals surface area contributed by atoms with Crippen LogP contribution >= 0.6 is 0 Å². The van der Waals surface area contributed by atoms with E-state index in [9.17, 15) is 64.2 Å². The van der Waals surface area contributed by atoms with Crippen LogP contribution in [0.5, 0.6) is 0 Å². The first-order valence-corrected chi connectivity index (χ1v) is 14.6. The summed E-state index contributed by atoms with van der Waals surface area (Å²) in [6.07, 6.45) is -16.7. The first-order valence-electron chi connectivity index (χ1n) is 14.6. The topological polar surface area (TPSA) is 378 Å². The molecule has 23 nitrogen and oxygen atoms in total. The third kappa shape index (κ3) is 10.5. The van der Waals surface area contributed by atoms with Crippen LogP contribution in [0.15, 0.2) is 0 Å². The molecule has 2 saturated heterocycles. The van der Waals surface area contributed by atoms with Crippen LogP contribution in [0.3, 0.4) is 0 Å². The molecule has 14 atom stereocenters. The molecule has 0 aliphatic carbocycles. The Bertz CT molecular complexity index is 1260. The van der Waals surface area contributed by atoms with Gasteiger partial charge in [0, 0.05) is 27.7 Å². The summed E-state index contributed by atoms with van der Waals surface area (Å²) in [6, 6.07) is -9.66. The molecule has 0 aromatic heterocycles. The van der Waals surface area contributed by atoms with Crippen LogP contribution < -0.4 is 32.7 Å². The van der Waals surface area contributed by atoms with Gasteiger partial charge >= 0.3 is 17.9 Å². The fourth-order valence-electron chi connectivity index (χ4n) is 5.36. The molecule has 2 fully saturated rings. The zero-order valence-corrected chi connectivity index (χ0v) is 26.6. The molecule has 0 aromatic rings. The summed E-state index contributed by atoms with van der Waals surface area (Å²) in [5.74, 6) is -8.60. The largest absolute Gasteiger partial charge is 0.479 e. The predicted octanol–water partition coefficient (Wildman–Crippen LogP) is -7.15. The Kier molecular flexibility index (Phi) is 14.7. The molecule has 0 bridgehead atoms. The van der Waals surface area contributed by atoms with Crippen LogP contribution in [-0.4, -0.2) is 164 Å². The number of nitrogens with two attached hydrogens (primary N) is 2. The zero-order chi connectivity index (χ0) is 37.5. The molecule has 2 aliphatic heterocycles. The average Bonchev–Trinajstić information content (AvgIpc) is 2.98. The van der Waals surface area contributed by atoms with Crippen LogP contribution in [0.25, 0.3) is 0 Å². The van der Waals surface area contributed by atoms with Crippen molar-refractivity contribution in [2.24, 2.45) is 11.5 Å². The molecule has 0 unspecified atom stereocenters. The number of ether oxygens (including phenoxy) is 4.